The molecule has 5 nitrogen and oxygen atoms in total. The van der Waals surface area contributed by atoms with Gasteiger partial charge in [0.15, 0.2) is 0 Å². The lowest BCUT2D eigenvalue weighted by Gasteiger charge is -2.38. The average molecular weight is 281 g/mol. The van der Waals surface area contributed by atoms with Crippen molar-refractivity contribution in [3.8, 4) is 0 Å². The third-order valence-corrected chi connectivity index (χ3v) is 4.63. The van der Waals surface area contributed by atoms with Gasteiger partial charge in [-0.05, 0) is 12.8 Å². The molecule has 2 amide bonds. The van der Waals surface area contributed by atoms with E-state index in [1.165, 1.54) is 19.3 Å². The summed E-state index contributed by atoms with van der Waals surface area (Å²) in [6.45, 7) is 4.92. The number of nitrogens with zero attached hydrogens (tertiary/aromatic N) is 2. The van der Waals surface area contributed by atoms with E-state index in [0.717, 1.165) is 12.8 Å². The normalized spacial score (nSPS) is 22.7. The maximum atomic E-state index is 12.4. The van der Waals surface area contributed by atoms with Gasteiger partial charge >= 0.3 is 0 Å². The van der Waals surface area contributed by atoms with Crippen molar-refractivity contribution in [3.63, 3.8) is 0 Å². The van der Waals surface area contributed by atoms with E-state index < -0.39 is 0 Å². The van der Waals surface area contributed by atoms with Gasteiger partial charge in [0.2, 0.25) is 11.8 Å². The Balaban J connectivity index is 1.81. The minimum absolute atomic E-state index is 0.115. The van der Waals surface area contributed by atoms with Gasteiger partial charge in [-0.1, -0.05) is 26.2 Å². The Morgan fingerprint density at radius 3 is 2.15 bits per heavy atom. The molecule has 5 heteroatoms. The van der Waals surface area contributed by atoms with Crippen molar-refractivity contribution in [2.45, 2.75) is 39.0 Å². The average Bonchev–Trinajstić information content (AvgIpc) is 2.53. The summed E-state index contributed by atoms with van der Waals surface area (Å²) in [5, 5.41) is 0. The van der Waals surface area contributed by atoms with Crippen molar-refractivity contribution in [2.75, 3.05) is 32.7 Å². The predicted molar refractivity (Wildman–Crippen MR) is 78.0 cm³/mol. The van der Waals surface area contributed by atoms with Gasteiger partial charge in [0, 0.05) is 44.6 Å². The van der Waals surface area contributed by atoms with Crippen molar-refractivity contribution in [1.82, 2.24) is 9.80 Å². The van der Waals surface area contributed by atoms with Crippen molar-refractivity contribution in [2.24, 2.45) is 17.6 Å². The highest BCUT2D eigenvalue weighted by atomic mass is 16.2. The van der Waals surface area contributed by atoms with Gasteiger partial charge in [-0.3, -0.25) is 9.59 Å². The number of nitrogens with two attached hydrogens (primary N) is 1. The number of piperazine rings is 1. The summed E-state index contributed by atoms with van der Waals surface area (Å²) in [5.74, 6) is 0.547. The summed E-state index contributed by atoms with van der Waals surface area (Å²) in [6.07, 6.45) is 5.72. The quantitative estimate of drug-likeness (QED) is 0.833. The molecule has 0 bridgehead atoms. The molecular weight excluding hydrogens is 254 g/mol. The molecule has 2 rings (SSSR count). The van der Waals surface area contributed by atoms with Crippen LogP contribution in [0, 0.1) is 11.8 Å². The lowest BCUT2D eigenvalue weighted by atomic mass is 9.88. The van der Waals surface area contributed by atoms with Crippen LogP contribution in [-0.2, 0) is 9.59 Å². The Hall–Kier alpha value is -1.10. The molecule has 0 aromatic rings. The molecule has 2 aliphatic rings. The van der Waals surface area contributed by atoms with Crippen LogP contribution in [0.5, 0.6) is 0 Å². The molecule has 1 saturated heterocycles. The van der Waals surface area contributed by atoms with Gasteiger partial charge in [0.05, 0.1) is 0 Å². The smallest absolute Gasteiger partial charge is 0.226 e. The van der Waals surface area contributed by atoms with Crippen molar-refractivity contribution in [3.05, 3.63) is 0 Å². The number of carbonyl (C=O) groups is 2. The molecule has 2 fully saturated rings. The van der Waals surface area contributed by atoms with Crippen molar-refractivity contribution >= 4 is 11.8 Å². The summed E-state index contributed by atoms with van der Waals surface area (Å²) in [4.78, 5) is 28.3. The zero-order chi connectivity index (χ0) is 14.5. The van der Waals surface area contributed by atoms with Crippen LogP contribution in [0.25, 0.3) is 0 Å². The minimum Gasteiger partial charge on any atom is -0.339 e. The third-order valence-electron chi connectivity index (χ3n) is 4.63. The van der Waals surface area contributed by atoms with Gasteiger partial charge < -0.3 is 15.5 Å². The number of hydrogen-bond acceptors (Lipinski definition) is 3. The number of carbonyl (C=O) groups excluding carboxylic acids is 2. The van der Waals surface area contributed by atoms with E-state index in [1.54, 1.807) is 0 Å². The maximum Gasteiger partial charge on any atom is 0.226 e. The molecule has 0 aromatic carbocycles. The zero-order valence-electron chi connectivity index (χ0n) is 12.5. The first-order valence-corrected chi connectivity index (χ1v) is 7.91. The van der Waals surface area contributed by atoms with E-state index in [9.17, 15) is 9.59 Å². The molecule has 0 aromatic heterocycles. The van der Waals surface area contributed by atoms with Crippen molar-refractivity contribution in [1.29, 1.82) is 0 Å². The summed E-state index contributed by atoms with van der Waals surface area (Å²) in [7, 11) is 0. The Morgan fingerprint density at radius 1 is 1.05 bits per heavy atom. The first-order valence-electron chi connectivity index (χ1n) is 7.91. The molecule has 1 aliphatic carbocycles. The van der Waals surface area contributed by atoms with Crippen molar-refractivity contribution < 1.29 is 9.59 Å². The Labute approximate surface area is 121 Å². The molecule has 0 spiro atoms. The van der Waals surface area contributed by atoms with Crippen LogP contribution in [-0.4, -0.2) is 54.3 Å². The summed E-state index contributed by atoms with van der Waals surface area (Å²) in [6, 6.07) is 0. The van der Waals surface area contributed by atoms with Gasteiger partial charge in [0.1, 0.15) is 0 Å². The largest absolute Gasteiger partial charge is 0.339 e. The highest BCUT2D eigenvalue weighted by molar-refractivity contribution is 5.81. The molecule has 20 heavy (non-hydrogen) atoms. The molecular formula is C15H27N3O2. The lowest BCUT2D eigenvalue weighted by molar-refractivity contribution is -0.144. The third kappa shape index (κ3) is 3.51. The molecule has 1 unspecified atom stereocenters. The van der Waals surface area contributed by atoms with E-state index in [1.807, 2.05) is 16.7 Å². The standard InChI is InChI=1S/C15H27N3O2/c1-12(11-16)14(19)17-7-9-18(10-8-17)15(20)13-5-3-2-4-6-13/h12-13H,2-11,16H2,1H3. The first-order chi connectivity index (χ1) is 9.63. The van der Waals surface area contributed by atoms with Crippen LogP contribution in [0.4, 0.5) is 0 Å². The molecule has 1 heterocycles. The zero-order valence-corrected chi connectivity index (χ0v) is 12.5. The molecule has 1 saturated carbocycles. The van der Waals surface area contributed by atoms with Gasteiger partial charge in [-0.15, -0.1) is 0 Å². The van der Waals surface area contributed by atoms with Gasteiger partial charge in [-0.25, -0.2) is 0 Å². The highest BCUT2D eigenvalue weighted by Crippen LogP contribution is 2.25. The Morgan fingerprint density at radius 2 is 1.60 bits per heavy atom. The van der Waals surface area contributed by atoms with E-state index in [2.05, 4.69) is 0 Å². The maximum absolute atomic E-state index is 12.4. The van der Waals surface area contributed by atoms with Gasteiger partial charge in [0.25, 0.3) is 0 Å². The summed E-state index contributed by atoms with van der Waals surface area (Å²) >= 11 is 0. The summed E-state index contributed by atoms with van der Waals surface area (Å²) < 4.78 is 0. The van der Waals surface area contributed by atoms with Crippen LogP contribution in [0.1, 0.15) is 39.0 Å². The van der Waals surface area contributed by atoms with E-state index in [0.29, 0.717) is 38.6 Å². The summed E-state index contributed by atoms with van der Waals surface area (Å²) in [5.41, 5.74) is 5.54. The fourth-order valence-corrected chi connectivity index (χ4v) is 3.17. The van der Waals surface area contributed by atoms with Crippen LogP contribution in [0.15, 0.2) is 0 Å². The molecule has 1 atom stereocenters. The lowest BCUT2D eigenvalue weighted by Crippen LogP contribution is -2.53. The molecule has 2 N–H and O–H groups in total. The second-order valence-electron chi connectivity index (χ2n) is 6.12. The van der Waals surface area contributed by atoms with Crippen LogP contribution < -0.4 is 5.73 Å². The number of amides is 2. The topological polar surface area (TPSA) is 66.6 Å². The Bertz CT molecular complexity index is 345. The first kappa shape index (κ1) is 15.3. The molecule has 0 radical (unpaired) electrons. The van der Waals surface area contributed by atoms with E-state index in [-0.39, 0.29) is 17.7 Å². The fourth-order valence-electron chi connectivity index (χ4n) is 3.17. The Kier molecular flexibility index (Phi) is 5.40. The van der Waals surface area contributed by atoms with E-state index in [4.69, 9.17) is 5.73 Å². The molecule has 1 aliphatic heterocycles. The second-order valence-corrected chi connectivity index (χ2v) is 6.12. The van der Waals surface area contributed by atoms with Crippen LogP contribution in [0.2, 0.25) is 0 Å². The monoisotopic (exact) mass is 281 g/mol. The highest BCUT2D eigenvalue weighted by Gasteiger charge is 2.30. The predicted octanol–water partition coefficient (Wildman–Crippen LogP) is 0.832. The fraction of sp³-hybridized carbons (Fsp3) is 0.867. The van der Waals surface area contributed by atoms with Crippen LogP contribution in [0.3, 0.4) is 0 Å². The SMILES string of the molecule is CC(CN)C(=O)N1CCN(C(=O)C2CCCCC2)CC1. The number of hydrogen-bond donors (Lipinski definition) is 1. The second kappa shape index (κ2) is 7.07. The number of rotatable bonds is 3. The minimum atomic E-state index is -0.115. The van der Waals surface area contributed by atoms with Gasteiger partial charge in [-0.2, -0.15) is 0 Å². The van der Waals surface area contributed by atoms with Crippen LogP contribution >= 0.6 is 0 Å². The van der Waals surface area contributed by atoms with E-state index >= 15 is 0 Å². The molecule has 114 valence electrons.